The summed E-state index contributed by atoms with van der Waals surface area (Å²) in [6.45, 7) is 3.15. The first kappa shape index (κ1) is 14.6. The summed E-state index contributed by atoms with van der Waals surface area (Å²) < 4.78 is 0. The summed E-state index contributed by atoms with van der Waals surface area (Å²) in [4.78, 5) is 14.5. The highest BCUT2D eigenvalue weighted by molar-refractivity contribution is 5.79. The molecule has 3 nitrogen and oxygen atoms in total. The van der Waals surface area contributed by atoms with Crippen molar-refractivity contribution < 1.29 is 4.79 Å². The van der Waals surface area contributed by atoms with Crippen molar-refractivity contribution in [2.45, 2.75) is 44.6 Å². The Morgan fingerprint density at radius 2 is 1.95 bits per heavy atom. The summed E-state index contributed by atoms with van der Waals surface area (Å²) in [5.74, 6) is 0.524. The topological polar surface area (TPSA) is 32.3 Å². The Bertz CT molecular complexity index is 460. The van der Waals surface area contributed by atoms with E-state index in [-0.39, 0.29) is 5.92 Å². The lowest BCUT2D eigenvalue weighted by atomic mass is 9.99. The van der Waals surface area contributed by atoms with Crippen molar-refractivity contribution >= 4 is 5.91 Å². The molecule has 21 heavy (non-hydrogen) atoms. The van der Waals surface area contributed by atoms with Crippen molar-refractivity contribution in [2.24, 2.45) is 5.92 Å². The van der Waals surface area contributed by atoms with Crippen LogP contribution in [0.4, 0.5) is 0 Å². The van der Waals surface area contributed by atoms with Crippen LogP contribution in [0.5, 0.6) is 0 Å². The molecule has 2 atom stereocenters. The monoisotopic (exact) mass is 286 g/mol. The molecule has 0 radical (unpaired) electrons. The molecular formula is C18H26N2O. The summed E-state index contributed by atoms with van der Waals surface area (Å²) in [7, 11) is 0. The molecule has 2 bridgehead atoms. The zero-order valence-corrected chi connectivity index (χ0v) is 12.8. The van der Waals surface area contributed by atoms with Crippen LogP contribution in [-0.2, 0) is 11.2 Å². The van der Waals surface area contributed by atoms with Gasteiger partial charge in [-0.3, -0.25) is 4.79 Å². The van der Waals surface area contributed by atoms with Crippen LogP contribution in [0.2, 0.25) is 0 Å². The third-order valence-electron chi connectivity index (χ3n) is 4.81. The van der Waals surface area contributed by atoms with Gasteiger partial charge in [0.25, 0.3) is 0 Å². The molecule has 0 saturated carbocycles. The van der Waals surface area contributed by atoms with E-state index in [9.17, 15) is 4.79 Å². The molecule has 0 aromatic heterocycles. The van der Waals surface area contributed by atoms with E-state index in [2.05, 4.69) is 40.5 Å². The van der Waals surface area contributed by atoms with E-state index in [0.29, 0.717) is 11.9 Å². The number of likely N-dealkylation sites (tertiary alicyclic amines) is 1. The molecule has 1 aromatic rings. The fourth-order valence-corrected chi connectivity index (χ4v) is 3.63. The number of amides is 1. The third-order valence-corrected chi connectivity index (χ3v) is 4.81. The van der Waals surface area contributed by atoms with Crippen LogP contribution < -0.4 is 5.32 Å². The van der Waals surface area contributed by atoms with E-state index >= 15 is 0 Å². The van der Waals surface area contributed by atoms with Crippen LogP contribution in [0.15, 0.2) is 30.3 Å². The van der Waals surface area contributed by atoms with Gasteiger partial charge in [-0.15, -0.1) is 0 Å². The predicted octanol–water partition coefficient (Wildman–Crippen LogP) is 2.61. The number of hydrogen-bond acceptors (Lipinski definition) is 2. The number of rotatable bonds is 5. The van der Waals surface area contributed by atoms with Crippen LogP contribution in [0.3, 0.4) is 0 Å². The molecule has 2 heterocycles. The quantitative estimate of drug-likeness (QED) is 0.844. The lowest BCUT2D eigenvalue weighted by Gasteiger charge is -2.27. The first-order valence-corrected chi connectivity index (χ1v) is 8.38. The molecule has 0 unspecified atom stereocenters. The zero-order chi connectivity index (χ0) is 14.5. The lowest BCUT2D eigenvalue weighted by molar-refractivity contribution is -0.124. The molecule has 1 aromatic carbocycles. The smallest absolute Gasteiger partial charge is 0.224 e. The van der Waals surface area contributed by atoms with Crippen LogP contribution in [-0.4, -0.2) is 36.5 Å². The van der Waals surface area contributed by atoms with E-state index in [1.807, 2.05) is 0 Å². The van der Waals surface area contributed by atoms with Gasteiger partial charge in [-0.25, -0.2) is 0 Å². The van der Waals surface area contributed by atoms with Crippen LogP contribution in [0, 0.1) is 5.92 Å². The summed E-state index contributed by atoms with van der Waals surface area (Å²) in [5.41, 5.74) is 1.43. The Kier molecular flexibility index (Phi) is 4.91. The van der Waals surface area contributed by atoms with Gasteiger partial charge < -0.3 is 10.2 Å². The van der Waals surface area contributed by atoms with Gasteiger partial charge in [-0.2, -0.15) is 0 Å². The number of nitrogens with one attached hydrogen (secondary N) is 1. The predicted molar refractivity (Wildman–Crippen MR) is 85.1 cm³/mol. The molecule has 3 rings (SSSR count). The number of aryl methyl sites for hydroxylation is 1. The minimum atomic E-state index is 0.228. The van der Waals surface area contributed by atoms with Crippen molar-refractivity contribution in [1.29, 1.82) is 0 Å². The minimum Gasteiger partial charge on any atom is -0.352 e. The van der Waals surface area contributed by atoms with Gasteiger partial charge in [0.1, 0.15) is 0 Å². The number of fused-ring (bicyclic) bond motifs is 3. The first-order valence-electron chi connectivity index (χ1n) is 8.38. The molecule has 2 aliphatic heterocycles. The highest BCUT2D eigenvalue weighted by atomic mass is 16.2. The van der Waals surface area contributed by atoms with Crippen LogP contribution >= 0.6 is 0 Å². The summed E-state index contributed by atoms with van der Waals surface area (Å²) >= 11 is 0. The second-order valence-electron chi connectivity index (χ2n) is 6.54. The number of hydrogen-bond donors (Lipinski definition) is 1. The average molecular weight is 286 g/mol. The first-order chi connectivity index (χ1) is 10.3. The van der Waals surface area contributed by atoms with E-state index in [0.717, 1.165) is 32.5 Å². The van der Waals surface area contributed by atoms with Gasteiger partial charge in [0.15, 0.2) is 0 Å². The normalized spacial score (nSPS) is 26.2. The summed E-state index contributed by atoms with van der Waals surface area (Å²) in [6, 6.07) is 11.1. The average Bonchev–Trinajstić information content (AvgIpc) is 2.73. The Balaban J connectivity index is 1.44. The van der Waals surface area contributed by atoms with Crippen molar-refractivity contribution in [3.05, 3.63) is 35.9 Å². The maximum Gasteiger partial charge on any atom is 0.224 e. The largest absolute Gasteiger partial charge is 0.352 e. The summed E-state index contributed by atoms with van der Waals surface area (Å²) in [6.07, 6.45) is 7.06. The molecular weight excluding hydrogens is 260 g/mol. The van der Waals surface area contributed by atoms with Crippen LogP contribution in [0.25, 0.3) is 0 Å². The van der Waals surface area contributed by atoms with E-state index in [1.54, 1.807) is 0 Å². The standard InChI is InChI=1S/C18H26N2O/c21-18-16-10-6-11-17(19-18)14-20(13-16)12-5-4-9-15-7-2-1-3-8-15/h1-3,7-8,16-17H,4-6,9-14H2,(H,19,21)/t16-,17+/m1/s1. The van der Waals surface area contributed by atoms with Gasteiger partial charge in [0.2, 0.25) is 5.91 Å². The van der Waals surface area contributed by atoms with Crippen molar-refractivity contribution in [3.8, 4) is 0 Å². The highest BCUT2D eigenvalue weighted by Crippen LogP contribution is 2.22. The SMILES string of the molecule is O=C1N[C@H]2CCC[C@@H]1CN(CCCCc1ccccc1)C2. The fraction of sp³-hybridized carbons (Fsp3) is 0.611. The van der Waals surface area contributed by atoms with Crippen molar-refractivity contribution in [2.75, 3.05) is 19.6 Å². The van der Waals surface area contributed by atoms with Crippen LogP contribution in [0.1, 0.15) is 37.7 Å². The molecule has 0 spiro atoms. The van der Waals surface area contributed by atoms with E-state index < -0.39 is 0 Å². The Labute approximate surface area is 127 Å². The number of carbonyl (C=O) groups excluding carboxylic acids is 1. The van der Waals surface area contributed by atoms with Gasteiger partial charge >= 0.3 is 0 Å². The Morgan fingerprint density at radius 3 is 2.81 bits per heavy atom. The molecule has 2 fully saturated rings. The molecule has 1 amide bonds. The Hall–Kier alpha value is -1.35. The maximum absolute atomic E-state index is 12.0. The molecule has 0 aliphatic carbocycles. The lowest BCUT2D eigenvalue weighted by Crippen LogP contribution is -2.39. The van der Waals surface area contributed by atoms with Gasteiger partial charge in [-0.05, 0) is 44.2 Å². The fourth-order valence-electron chi connectivity index (χ4n) is 3.63. The molecule has 114 valence electrons. The van der Waals surface area contributed by atoms with Crippen molar-refractivity contribution in [3.63, 3.8) is 0 Å². The zero-order valence-electron chi connectivity index (χ0n) is 12.8. The third kappa shape index (κ3) is 4.07. The molecule has 2 aliphatic rings. The highest BCUT2D eigenvalue weighted by Gasteiger charge is 2.31. The minimum absolute atomic E-state index is 0.228. The number of carbonyl (C=O) groups is 1. The Morgan fingerprint density at radius 1 is 1.10 bits per heavy atom. The summed E-state index contributed by atoms with van der Waals surface area (Å²) in [5, 5.41) is 3.21. The number of unbranched alkanes of at least 4 members (excludes halogenated alkanes) is 1. The van der Waals surface area contributed by atoms with Gasteiger partial charge in [0.05, 0.1) is 5.92 Å². The van der Waals surface area contributed by atoms with Gasteiger partial charge in [-0.1, -0.05) is 36.8 Å². The number of benzene rings is 1. The molecule has 1 N–H and O–H groups in total. The second-order valence-corrected chi connectivity index (χ2v) is 6.54. The maximum atomic E-state index is 12.0. The number of nitrogens with zero attached hydrogens (tertiary/aromatic N) is 1. The van der Waals surface area contributed by atoms with Crippen molar-refractivity contribution in [1.82, 2.24) is 10.2 Å². The molecule has 3 heteroatoms. The van der Waals surface area contributed by atoms with E-state index in [1.165, 1.54) is 31.2 Å². The molecule has 2 saturated heterocycles. The van der Waals surface area contributed by atoms with E-state index in [4.69, 9.17) is 0 Å². The second kappa shape index (κ2) is 7.08. The van der Waals surface area contributed by atoms with Gasteiger partial charge in [0, 0.05) is 19.1 Å².